The molecule has 1 aromatic heterocycles. The highest BCUT2D eigenvalue weighted by Crippen LogP contribution is 2.30. The molecule has 2 heterocycles. The molecular weight excluding hydrogens is 358 g/mol. The zero-order valence-corrected chi connectivity index (χ0v) is 15.1. The van der Waals surface area contributed by atoms with E-state index in [9.17, 15) is 14.4 Å². The molecule has 1 aromatic carbocycles. The molecule has 7 nitrogen and oxygen atoms in total. The first-order valence-electron chi connectivity index (χ1n) is 8.46. The number of halogens is 1. The lowest BCUT2D eigenvalue weighted by Crippen LogP contribution is -2.46. The van der Waals surface area contributed by atoms with Crippen LogP contribution in [0.2, 0.25) is 5.02 Å². The van der Waals surface area contributed by atoms with E-state index in [1.165, 1.54) is 0 Å². The first-order valence-corrected chi connectivity index (χ1v) is 8.84. The van der Waals surface area contributed by atoms with E-state index in [-0.39, 0.29) is 16.6 Å². The highest BCUT2D eigenvalue weighted by atomic mass is 35.5. The molecular formula is C18H20ClN3O4. The van der Waals surface area contributed by atoms with Crippen LogP contribution < -0.4 is 10.6 Å². The minimum Gasteiger partial charge on any atom is -0.451 e. The zero-order chi connectivity index (χ0) is 18.7. The fraction of sp³-hybridized carbons (Fsp3) is 0.389. The molecule has 2 N–H and O–H groups in total. The van der Waals surface area contributed by atoms with Gasteiger partial charge in [0.2, 0.25) is 5.91 Å². The van der Waals surface area contributed by atoms with Crippen LogP contribution in [0.3, 0.4) is 0 Å². The Labute approximate surface area is 155 Å². The molecule has 1 atom stereocenters. The average Bonchev–Trinajstić information content (AvgIpc) is 2.75. The topological polar surface area (TPSA) is 89.4 Å². The van der Waals surface area contributed by atoms with Gasteiger partial charge in [-0.3, -0.25) is 9.59 Å². The van der Waals surface area contributed by atoms with Gasteiger partial charge < -0.3 is 19.9 Å². The number of hydrogen-bond acceptors (Lipinski definition) is 4. The van der Waals surface area contributed by atoms with Gasteiger partial charge in [-0.2, -0.15) is 0 Å². The molecule has 2 amide bonds. The third-order valence-electron chi connectivity index (χ3n) is 4.44. The van der Waals surface area contributed by atoms with Gasteiger partial charge in [0, 0.05) is 24.5 Å². The van der Waals surface area contributed by atoms with E-state index in [1.807, 2.05) is 24.3 Å². The second kappa shape index (κ2) is 7.78. The number of carbonyl (C=O) groups excluding carboxylic acids is 3. The van der Waals surface area contributed by atoms with Crippen LogP contribution in [0.15, 0.2) is 24.3 Å². The molecule has 138 valence electrons. The van der Waals surface area contributed by atoms with Crippen molar-refractivity contribution >= 4 is 40.3 Å². The molecule has 1 aliphatic rings. The number of aryl methyl sites for hydroxylation is 1. The Hall–Kier alpha value is -2.54. The van der Waals surface area contributed by atoms with Gasteiger partial charge in [0.25, 0.3) is 5.91 Å². The minimum atomic E-state index is -0.686. The van der Waals surface area contributed by atoms with E-state index in [0.717, 1.165) is 23.7 Å². The van der Waals surface area contributed by atoms with Gasteiger partial charge in [0.05, 0.1) is 5.02 Å². The van der Waals surface area contributed by atoms with Crippen LogP contribution in [-0.2, 0) is 21.4 Å². The number of benzene rings is 1. The zero-order valence-electron chi connectivity index (χ0n) is 14.4. The first kappa shape index (κ1) is 18.3. The SMILES string of the molecule is Cn1c(C(=O)OCC(=O)N[C@@H]2CCCCNC2=O)c(Cl)c2ccccc21. The van der Waals surface area contributed by atoms with Gasteiger partial charge in [-0.25, -0.2) is 4.79 Å². The second-order valence-electron chi connectivity index (χ2n) is 6.22. The van der Waals surface area contributed by atoms with Crippen molar-refractivity contribution in [3.63, 3.8) is 0 Å². The number of ether oxygens (including phenoxy) is 1. The van der Waals surface area contributed by atoms with Crippen molar-refractivity contribution in [2.24, 2.45) is 7.05 Å². The highest BCUT2D eigenvalue weighted by molar-refractivity contribution is 6.38. The molecule has 0 bridgehead atoms. The van der Waals surface area contributed by atoms with Crippen LogP contribution >= 0.6 is 11.6 Å². The van der Waals surface area contributed by atoms with Crippen LogP contribution in [0.5, 0.6) is 0 Å². The number of aromatic nitrogens is 1. The monoisotopic (exact) mass is 377 g/mol. The molecule has 1 saturated heterocycles. The molecule has 1 aliphatic heterocycles. The van der Waals surface area contributed by atoms with Crippen LogP contribution in [0.1, 0.15) is 29.8 Å². The molecule has 0 radical (unpaired) electrons. The summed E-state index contributed by atoms with van der Waals surface area (Å²) < 4.78 is 6.74. The van der Waals surface area contributed by atoms with E-state index in [4.69, 9.17) is 16.3 Å². The Morgan fingerprint density at radius 3 is 2.88 bits per heavy atom. The number of amides is 2. The summed E-state index contributed by atoms with van der Waals surface area (Å²) in [6.45, 7) is 0.139. The largest absolute Gasteiger partial charge is 0.451 e. The second-order valence-corrected chi connectivity index (χ2v) is 6.60. The van der Waals surface area contributed by atoms with E-state index in [2.05, 4.69) is 10.6 Å². The van der Waals surface area contributed by atoms with Crippen molar-refractivity contribution in [2.45, 2.75) is 25.3 Å². The van der Waals surface area contributed by atoms with Gasteiger partial charge >= 0.3 is 5.97 Å². The van der Waals surface area contributed by atoms with Gasteiger partial charge in [0.1, 0.15) is 11.7 Å². The maximum Gasteiger partial charge on any atom is 0.357 e. The number of rotatable bonds is 4. The minimum absolute atomic E-state index is 0.188. The number of fused-ring (bicyclic) bond motifs is 1. The number of esters is 1. The van der Waals surface area contributed by atoms with Crippen LogP contribution in [0, 0.1) is 0 Å². The summed E-state index contributed by atoms with van der Waals surface area (Å²) in [7, 11) is 1.71. The molecule has 0 saturated carbocycles. The molecule has 0 spiro atoms. The lowest BCUT2D eigenvalue weighted by molar-refractivity contribution is -0.130. The normalized spacial score (nSPS) is 17.5. The number of nitrogens with zero attached hydrogens (tertiary/aromatic N) is 1. The number of carbonyl (C=O) groups is 3. The number of para-hydroxylation sites is 1. The maximum absolute atomic E-state index is 12.4. The maximum atomic E-state index is 12.4. The average molecular weight is 378 g/mol. The molecule has 0 unspecified atom stereocenters. The van der Waals surface area contributed by atoms with Crippen LogP contribution in [0.25, 0.3) is 10.9 Å². The van der Waals surface area contributed by atoms with E-state index in [1.54, 1.807) is 11.6 Å². The summed E-state index contributed by atoms with van der Waals surface area (Å²) in [4.78, 5) is 36.3. The van der Waals surface area contributed by atoms with Crippen molar-refractivity contribution in [1.29, 1.82) is 0 Å². The first-order chi connectivity index (χ1) is 12.5. The van der Waals surface area contributed by atoms with Crippen molar-refractivity contribution in [1.82, 2.24) is 15.2 Å². The summed E-state index contributed by atoms with van der Waals surface area (Å²) in [5.41, 5.74) is 0.983. The Kier molecular flexibility index (Phi) is 5.46. The van der Waals surface area contributed by atoms with Crippen molar-refractivity contribution in [3.8, 4) is 0 Å². The van der Waals surface area contributed by atoms with Gasteiger partial charge in [-0.1, -0.05) is 29.8 Å². The Morgan fingerprint density at radius 2 is 2.12 bits per heavy atom. The summed E-state index contributed by atoms with van der Waals surface area (Å²) in [5, 5.41) is 6.37. The Bertz CT molecular complexity index is 822. The quantitative estimate of drug-likeness (QED) is 0.795. The van der Waals surface area contributed by atoms with Gasteiger partial charge in [0.15, 0.2) is 6.61 Å². The number of nitrogens with one attached hydrogen (secondary N) is 2. The molecule has 3 rings (SSSR count). The predicted octanol–water partition coefficient (Wildman–Crippen LogP) is 1.77. The highest BCUT2D eigenvalue weighted by Gasteiger charge is 2.24. The fourth-order valence-electron chi connectivity index (χ4n) is 3.09. The summed E-state index contributed by atoms with van der Waals surface area (Å²) in [5.74, 6) is -1.41. The summed E-state index contributed by atoms with van der Waals surface area (Å²) >= 11 is 6.29. The Balaban J connectivity index is 1.64. The molecule has 1 fully saturated rings. The van der Waals surface area contributed by atoms with Crippen molar-refractivity contribution in [2.75, 3.05) is 13.2 Å². The fourth-order valence-corrected chi connectivity index (χ4v) is 3.45. The molecule has 0 aliphatic carbocycles. The van der Waals surface area contributed by atoms with E-state index < -0.39 is 24.5 Å². The predicted molar refractivity (Wildman–Crippen MR) is 97.0 cm³/mol. The van der Waals surface area contributed by atoms with Crippen LogP contribution in [0.4, 0.5) is 0 Å². The standard InChI is InChI=1S/C18H20ClN3O4/c1-22-13-8-3-2-6-11(13)15(19)16(22)18(25)26-10-14(23)21-12-7-4-5-9-20-17(12)24/h2-3,6,8,12H,4-5,7,9-10H2,1H3,(H,20,24)(H,21,23)/t12-/m1/s1. The molecule has 26 heavy (non-hydrogen) atoms. The van der Waals surface area contributed by atoms with E-state index in [0.29, 0.717) is 13.0 Å². The van der Waals surface area contributed by atoms with E-state index >= 15 is 0 Å². The molecule has 2 aromatic rings. The smallest absolute Gasteiger partial charge is 0.357 e. The summed E-state index contributed by atoms with van der Waals surface area (Å²) in [6.07, 6.45) is 2.29. The molecule has 8 heteroatoms. The van der Waals surface area contributed by atoms with Crippen LogP contribution in [-0.4, -0.2) is 41.5 Å². The number of hydrogen-bond donors (Lipinski definition) is 2. The van der Waals surface area contributed by atoms with Crippen molar-refractivity contribution < 1.29 is 19.1 Å². The van der Waals surface area contributed by atoms with Crippen molar-refractivity contribution in [3.05, 3.63) is 35.0 Å². The summed E-state index contributed by atoms with van der Waals surface area (Å²) in [6, 6.07) is 6.74. The Morgan fingerprint density at radius 1 is 1.35 bits per heavy atom. The third kappa shape index (κ3) is 3.67. The van der Waals surface area contributed by atoms with Gasteiger partial charge in [-0.05, 0) is 25.3 Å². The van der Waals surface area contributed by atoms with Gasteiger partial charge in [-0.15, -0.1) is 0 Å². The lowest BCUT2D eigenvalue weighted by atomic mass is 10.1. The lowest BCUT2D eigenvalue weighted by Gasteiger charge is -2.15. The third-order valence-corrected chi connectivity index (χ3v) is 4.83.